The van der Waals surface area contributed by atoms with E-state index in [1.165, 1.54) is 13.0 Å². The highest BCUT2D eigenvalue weighted by Crippen LogP contribution is 2.22. The van der Waals surface area contributed by atoms with Gasteiger partial charge < -0.3 is 15.1 Å². The second-order valence-corrected chi connectivity index (χ2v) is 6.68. The lowest BCUT2D eigenvalue weighted by Crippen LogP contribution is -2.53. The number of carbonyl (C=O) groups excluding carboxylic acids is 2. The molecule has 1 aliphatic heterocycles. The molecule has 0 aliphatic carbocycles. The Labute approximate surface area is 142 Å². The molecular weight excluding hydrogens is 309 g/mol. The summed E-state index contributed by atoms with van der Waals surface area (Å²) in [6, 6.07) is 4.61. The number of ketones is 1. The Kier molecular flexibility index (Phi) is 5.80. The second kappa shape index (κ2) is 7.64. The fourth-order valence-electron chi connectivity index (χ4n) is 2.59. The molecule has 1 saturated heterocycles. The second-order valence-electron chi connectivity index (χ2n) is 6.68. The van der Waals surface area contributed by atoms with Crippen LogP contribution in [-0.4, -0.2) is 48.9 Å². The van der Waals surface area contributed by atoms with E-state index in [4.69, 9.17) is 0 Å². The van der Waals surface area contributed by atoms with Gasteiger partial charge in [0, 0.05) is 37.8 Å². The molecule has 2 rings (SSSR count). The summed E-state index contributed by atoms with van der Waals surface area (Å²) in [5.74, 6) is -0.167. The molecular formula is C18H26FN3O2. The van der Waals surface area contributed by atoms with Crippen molar-refractivity contribution < 1.29 is 14.0 Å². The molecule has 132 valence electrons. The largest absolute Gasteiger partial charge is 0.366 e. The number of rotatable bonds is 4. The van der Waals surface area contributed by atoms with Crippen molar-refractivity contribution in [3.8, 4) is 0 Å². The number of benzene rings is 1. The molecule has 2 amide bonds. The molecule has 0 bridgehead atoms. The van der Waals surface area contributed by atoms with Gasteiger partial charge in [0.25, 0.3) is 0 Å². The van der Waals surface area contributed by atoms with Crippen molar-refractivity contribution in [1.29, 1.82) is 0 Å². The van der Waals surface area contributed by atoms with Crippen LogP contribution in [0.2, 0.25) is 0 Å². The highest BCUT2D eigenvalue weighted by molar-refractivity contribution is 5.94. The molecule has 0 radical (unpaired) electrons. The van der Waals surface area contributed by atoms with Crippen LogP contribution in [0.5, 0.6) is 0 Å². The molecule has 1 aromatic carbocycles. The monoisotopic (exact) mass is 335 g/mol. The quantitative estimate of drug-likeness (QED) is 0.861. The number of Topliss-reactive ketones (excluding diaryl/α,β-unsaturated/α-hetero) is 1. The van der Waals surface area contributed by atoms with Gasteiger partial charge in [0.1, 0.15) is 5.82 Å². The standard InChI is InChI=1S/C18H26FN3O2/c1-12(2)13(3)20-18(24)22-9-7-21(8-10-22)17-6-5-15(14(4)23)11-16(17)19/h5-6,11-13H,7-10H2,1-4H3,(H,20,24). The van der Waals surface area contributed by atoms with Crippen LogP contribution in [0.25, 0.3) is 0 Å². The van der Waals surface area contributed by atoms with E-state index in [-0.39, 0.29) is 17.9 Å². The van der Waals surface area contributed by atoms with Crippen molar-refractivity contribution in [3.05, 3.63) is 29.6 Å². The summed E-state index contributed by atoms with van der Waals surface area (Å²) >= 11 is 0. The summed E-state index contributed by atoms with van der Waals surface area (Å²) < 4.78 is 14.2. The SMILES string of the molecule is CC(=O)c1ccc(N2CCN(C(=O)NC(C)C(C)C)CC2)c(F)c1. The third-order valence-electron chi connectivity index (χ3n) is 4.61. The molecule has 6 heteroatoms. The van der Waals surface area contributed by atoms with Crippen LogP contribution in [0.3, 0.4) is 0 Å². The number of anilines is 1. The molecule has 0 spiro atoms. The highest BCUT2D eigenvalue weighted by atomic mass is 19.1. The van der Waals surface area contributed by atoms with E-state index in [2.05, 4.69) is 19.2 Å². The van der Waals surface area contributed by atoms with Crippen LogP contribution in [0.4, 0.5) is 14.9 Å². The maximum atomic E-state index is 14.2. The lowest BCUT2D eigenvalue weighted by molar-refractivity contribution is 0.101. The summed E-state index contributed by atoms with van der Waals surface area (Å²) in [6.07, 6.45) is 0. The first-order valence-corrected chi connectivity index (χ1v) is 8.40. The Morgan fingerprint density at radius 3 is 2.25 bits per heavy atom. The molecule has 1 aliphatic rings. The molecule has 1 atom stereocenters. The van der Waals surface area contributed by atoms with Crippen molar-refractivity contribution >= 4 is 17.5 Å². The lowest BCUT2D eigenvalue weighted by atomic mass is 10.1. The zero-order valence-corrected chi connectivity index (χ0v) is 14.8. The summed E-state index contributed by atoms with van der Waals surface area (Å²) in [5, 5.41) is 2.99. The first-order chi connectivity index (χ1) is 11.3. The Hall–Kier alpha value is -2.11. The van der Waals surface area contributed by atoms with Crippen LogP contribution in [-0.2, 0) is 0 Å². The highest BCUT2D eigenvalue weighted by Gasteiger charge is 2.24. The summed E-state index contributed by atoms with van der Waals surface area (Å²) in [7, 11) is 0. The van der Waals surface area contributed by atoms with Crippen LogP contribution in [0, 0.1) is 11.7 Å². The van der Waals surface area contributed by atoms with Gasteiger partial charge in [-0.25, -0.2) is 9.18 Å². The summed E-state index contributed by atoms with van der Waals surface area (Å²) in [5.41, 5.74) is 0.854. The normalized spacial score (nSPS) is 16.2. The van der Waals surface area contributed by atoms with Crippen molar-refractivity contribution in [2.45, 2.75) is 33.7 Å². The molecule has 1 N–H and O–H groups in total. The number of halogens is 1. The van der Waals surface area contributed by atoms with Gasteiger partial charge in [-0.1, -0.05) is 13.8 Å². The average molecular weight is 335 g/mol. The fourth-order valence-corrected chi connectivity index (χ4v) is 2.59. The van der Waals surface area contributed by atoms with Gasteiger partial charge in [-0.15, -0.1) is 0 Å². The van der Waals surface area contributed by atoms with Crippen molar-refractivity contribution in [1.82, 2.24) is 10.2 Å². The topological polar surface area (TPSA) is 52.7 Å². The maximum absolute atomic E-state index is 14.2. The van der Waals surface area contributed by atoms with Gasteiger partial charge in [-0.05, 0) is 38.0 Å². The van der Waals surface area contributed by atoms with Crippen LogP contribution < -0.4 is 10.2 Å². The number of hydrogen-bond donors (Lipinski definition) is 1. The fraction of sp³-hybridized carbons (Fsp3) is 0.556. The number of urea groups is 1. The molecule has 1 heterocycles. The smallest absolute Gasteiger partial charge is 0.317 e. The molecule has 1 aromatic rings. The van der Waals surface area contributed by atoms with Crippen molar-refractivity contribution in [2.24, 2.45) is 5.92 Å². The van der Waals surface area contributed by atoms with Gasteiger partial charge in [-0.2, -0.15) is 0 Å². The van der Waals surface area contributed by atoms with Gasteiger partial charge in [-0.3, -0.25) is 4.79 Å². The van der Waals surface area contributed by atoms with E-state index in [1.54, 1.807) is 17.0 Å². The number of nitrogens with zero attached hydrogens (tertiary/aromatic N) is 2. The van der Waals surface area contributed by atoms with Gasteiger partial charge >= 0.3 is 6.03 Å². The van der Waals surface area contributed by atoms with Crippen molar-refractivity contribution in [3.63, 3.8) is 0 Å². The predicted octanol–water partition coefficient (Wildman–Crippen LogP) is 2.90. The first-order valence-electron chi connectivity index (χ1n) is 8.40. The molecule has 24 heavy (non-hydrogen) atoms. The average Bonchev–Trinajstić information content (AvgIpc) is 2.54. The zero-order valence-electron chi connectivity index (χ0n) is 14.8. The zero-order chi connectivity index (χ0) is 17.9. The minimum atomic E-state index is -0.394. The van der Waals surface area contributed by atoms with Crippen LogP contribution >= 0.6 is 0 Å². The predicted molar refractivity (Wildman–Crippen MR) is 93.0 cm³/mol. The van der Waals surface area contributed by atoms with E-state index >= 15 is 0 Å². The maximum Gasteiger partial charge on any atom is 0.317 e. The van der Waals surface area contributed by atoms with Gasteiger partial charge in [0.05, 0.1) is 5.69 Å². The van der Waals surface area contributed by atoms with Gasteiger partial charge in [0.2, 0.25) is 0 Å². The third kappa shape index (κ3) is 4.24. The number of nitrogens with one attached hydrogen (secondary N) is 1. The number of piperazine rings is 1. The number of hydrogen-bond acceptors (Lipinski definition) is 3. The molecule has 1 fully saturated rings. The number of amides is 2. The molecule has 5 nitrogen and oxygen atoms in total. The Bertz CT molecular complexity index is 610. The van der Waals surface area contributed by atoms with Crippen LogP contribution in [0.1, 0.15) is 38.1 Å². The van der Waals surface area contributed by atoms with Crippen LogP contribution in [0.15, 0.2) is 18.2 Å². The third-order valence-corrected chi connectivity index (χ3v) is 4.61. The van der Waals surface area contributed by atoms with Gasteiger partial charge in [0.15, 0.2) is 5.78 Å². The van der Waals surface area contributed by atoms with E-state index in [1.807, 2.05) is 11.8 Å². The van der Waals surface area contributed by atoms with E-state index < -0.39 is 5.82 Å². The van der Waals surface area contributed by atoms with E-state index in [0.717, 1.165) is 0 Å². The minimum absolute atomic E-state index is 0.0664. The molecule has 0 aromatic heterocycles. The number of carbonyl (C=O) groups is 2. The Balaban J connectivity index is 1.95. The molecule has 1 unspecified atom stereocenters. The Morgan fingerprint density at radius 1 is 1.12 bits per heavy atom. The first kappa shape index (κ1) is 18.2. The summed E-state index contributed by atoms with van der Waals surface area (Å²) in [6.45, 7) is 9.77. The van der Waals surface area contributed by atoms with E-state index in [0.29, 0.717) is 43.3 Å². The minimum Gasteiger partial charge on any atom is -0.366 e. The van der Waals surface area contributed by atoms with E-state index in [9.17, 15) is 14.0 Å². The summed E-state index contributed by atoms with van der Waals surface area (Å²) in [4.78, 5) is 27.2. The Morgan fingerprint density at radius 2 is 1.75 bits per heavy atom. The van der Waals surface area contributed by atoms with Crippen molar-refractivity contribution in [2.75, 3.05) is 31.1 Å². The lowest BCUT2D eigenvalue weighted by Gasteiger charge is -2.37. The molecule has 0 saturated carbocycles.